The molecule has 0 fully saturated rings. The summed E-state index contributed by atoms with van der Waals surface area (Å²) in [6.07, 6.45) is 2.88. The second-order valence-corrected chi connectivity index (χ2v) is 3.55. The summed E-state index contributed by atoms with van der Waals surface area (Å²) >= 11 is 0. The van der Waals surface area contributed by atoms with Gasteiger partial charge in [0, 0.05) is 13.1 Å². The van der Waals surface area contributed by atoms with E-state index < -0.39 is 6.09 Å². The van der Waals surface area contributed by atoms with Crippen molar-refractivity contribution in [1.29, 1.82) is 0 Å². The largest absolute Gasteiger partial charge is 0.442 e. The number of nitrogens with one attached hydrogen (secondary N) is 1. The number of alkyl carbamates (subject to hydrolysis) is 1. The van der Waals surface area contributed by atoms with E-state index in [9.17, 15) is 4.79 Å². The van der Waals surface area contributed by atoms with Crippen LogP contribution in [0.25, 0.3) is 0 Å². The Balaban J connectivity index is 2.34. The van der Waals surface area contributed by atoms with E-state index in [1.165, 1.54) is 0 Å². The molecule has 92 valence electrons. The lowest BCUT2D eigenvalue weighted by molar-refractivity contribution is 0.108. The number of benzene rings is 1. The predicted octanol–water partition coefficient (Wildman–Crippen LogP) is 1.99. The zero-order valence-electron chi connectivity index (χ0n) is 9.93. The van der Waals surface area contributed by atoms with E-state index in [4.69, 9.17) is 10.5 Å². The zero-order chi connectivity index (χ0) is 12.5. The van der Waals surface area contributed by atoms with Crippen LogP contribution in [0.5, 0.6) is 0 Å². The molecule has 0 radical (unpaired) electrons. The van der Waals surface area contributed by atoms with Gasteiger partial charge in [0.1, 0.15) is 6.10 Å². The normalized spacial score (nSPS) is 12.4. The van der Waals surface area contributed by atoms with E-state index >= 15 is 0 Å². The molecule has 17 heavy (non-hydrogen) atoms. The van der Waals surface area contributed by atoms with Crippen molar-refractivity contribution < 1.29 is 9.53 Å². The van der Waals surface area contributed by atoms with E-state index in [0.717, 1.165) is 5.56 Å². The number of nitrogens with two attached hydrogens (primary N) is 1. The zero-order valence-corrected chi connectivity index (χ0v) is 9.93. The van der Waals surface area contributed by atoms with E-state index in [0.29, 0.717) is 13.1 Å². The Morgan fingerprint density at radius 1 is 1.41 bits per heavy atom. The summed E-state index contributed by atoms with van der Waals surface area (Å²) in [6.45, 7) is 2.74. The highest BCUT2D eigenvalue weighted by molar-refractivity contribution is 5.67. The minimum absolute atomic E-state index is 0.255. The van der Waals surface area contributed by atoms with Crippen LogP contribution in [0.1, 0.15) is 18.6 Å². The number of carbonyl (C=O) groups excluding carboxylic acids is 1. The summed E-state index contributed by atoms with van der Waals surface area (Å²) in [7, 11) is 0. The number of rotatable bonds is 5. The van der Waals surface area contributed by atoms with Gasteiger partial charge in [0.15, 0.2) is 0 Å². The van der Waals surface area contributed by atoms with E-state index in [1.54, 1.807) is 12.2 Å². The maximum absolute atomic E-state index is 11.4. The van der Waals surface area contributed by atoms with Gasteiger partial charge in [-0.25, -0.2) is 4.79 Å². The quantitative estimate of drug-likeness (QED) is 0.766. The Labute approximate surface area is 101 Å². The fraction of sp³-hybridized carbons (Fsp3) is 0.308. The Kier molecular flexibility index (Phi) is 5.82. The highest BCUT2D eigenvalue weighted by atomic mass is 16.6. The standard InChI is InChI=1S/C13H18N2O2/c1-11(12-7-3-2-4-8-12)17-13(16)15-10-6-5-9-14/h2-8,11H,9-10,14H2,1H3,(H,15,16)/b6-5+/t11-/m1/s1. The lowest BCUT2D eigenvalue weighted by Crippen LogP contribution is -2.25. The molecule has 4 heteroatoms. The van der Waals surface area contributed by atoms with Gasteiger partial charge in [-0.05, 0) is 12.5 Å². The highest BCUT2D eigenvalue weighted by Crippen LogP contribution is 2.15. The van der Waals surface area contributed by atoms with Crippen molar-refractivity contribution in [2.45, 2.75) is 13.0 Å². The number of amides is 1. The Morgan fingerprint density at radius 3 is 2.76 bits per heavy atom. The number of hydrogen-bond donors (Lipinski definition) is 2. The van der Waals surface area contributed by atoms with Gasteiger partial charge in [0.05, 0.1) is 0 Å². The first kappa shape index (κ1) is 13.3. The van der Waals surface area contributed by atoms with Gasteiger partial charge in [-0.2, -0.15) is 0 Å². The molecule has 0 bridgehead atoms. The molecule has 3 N–H and O–H groups in total. The van der Waals surface area contributed by atoms with Crippen molar-refractivity contribution in [2.75, 3.05) is 13.1 Å². The molecule has 1 rings (SSSR count). The van der Waals surface area contributed by atoms with Gasteiger partial charge in [-0.1, -0.05) is 42.5 Å². The van der Waals surface area contributed by atoms with Crippen LogP contribution in [0, 0.1) is 0 Å². The van der Waals surface area contributed by atoms with Crippen molar-refractivity contribution in [1.82, 2.24) is 5.32 Å². The molecule has 0 heterocycles. The van der Waals surface area contributed by atoms with Crippen LogP contribution in [0.4, 0.5) is 4.79 Å². The van der Waals surface area contributed by atoms with Crippen molar-refractivity contribution in [3.8, 4) is 0 Å². The minimum Gasteiger partial charge on any atom is -0.442 e. The number of carbonyl (C=O) groups is 1. The molecule has 1 aromatic rings. The third kappa shape index (κ3) is 5.17. The smallest absolute Gasteiger partial charge is 0.407 e. The van der Waals surface area contributed by atoms with Crippen molar-refractivity contribution in [3.63, 3.8) is 0 Å². The summed E-state index contributed by atoms with van der Waals surface area (Å²) in [5.41, 5.74) is 6.24. The summed E-state index contributed by atoms with van der Waals surface area (Å²) < 4.78 is 5.20. The molecule has 1 atom stereocenters. The number of ether oxygens (including phenoxy) is 1. The topological polar surface area (TPSA) is 64.3 Å². The van der Waals surface area contributed by atoms with Gasteiger partial charge in [-0.15, -0.1) is 0 Å². The van der Waals surface area contributed by atoms with Gasteiger partial charge >= 0.3 is 6.09 Å². The lowest BCUT2D eigenvalue weighted by atomic mass is 10.1. The molecular weight excluding hydrogens is 216 g/mol. The lowest BCUT2D eigenvalue weighted by Gasteiger charge is -2.13. The maximum atomic E-state index is 11.4. The van der Waals surface area contributed by atoms with Crippen molar-refractivity contribution in [3.05, 3.63) is 48.0 Å². The average Bonchev–Trinajstić information content (AvgIpc) is 2.36. The van der Waals surface area contributed by atoms with Gasteiger partial charge in [0.25, 0.3) is 0 Å². The van der Waals surface area contributed by atoms with Crippen LogP contribution in [0.15, 0.2) is 42.5 Å². The second-order valence-electron chi connectivity index (χ2n) is 3.55. The van der Waals surface area contributed by atoms with Crippen LogP contribution in [-0.2, 0) is 4.74 Å². The van der Waals surface area contributed by atoms with Gasteiger partial charge < -0.3 is 15.8 Å². The monoisotopic (exact) mass is 234 g/mol. The highest BCUT2D eigenvalue weighted by Gasteiger charge is 2.09. The summed E-state index contributed by atoms with van der Waals surface area (Å²) in [5.74, 6) is 0. The molecule has 1 aromatic carbocycles. The molecular formula is C13H18N2O2. The molecule has 0 saturated carbocycles. The fourth-order valence-corrected chi connectivity index (χ4v) is 1.32. The van der Waals surface area contributed by atoms with Crippen LogP contribution >= 0.6 is 0 Å². The molecule has 0 aliphatic heterocycles. The Bertz CT molecular complexity index is 363. The van der Waals surface area contributed by atoms with Crippen molar-refractivity contribution in [2.24, 2.45) is 5.73 Å². The minimum atomic E-state index is -0.428. The molecule has 0 saturated heterocycles. The van der Waals surface area contributed by atoms with Crippen LogP contribution in [-0.4, -0.2) is 19.2 Å². The van der Waals surface area contributed by atoms with Gasteiger partial charge in [-0.3, -0.25) is 0 Å². The average molecular weight is 234 g/mol. The Hall–Kier alpha value is -1.81. The fourth-order valence-electron chi connectivity index (χ4n) is 1.32. The summed E-state index contributed by atoms with van der Waals surface area (Å²) in [6, 6.07) is 9.60. The van der Waals surface area contributed by atoms with Crippen molar-refractivity contribution >= 4 is 6.09 Å². The van der Waals surface area contributed by atoms with Gasteiger partial charge in [0.2, 0.25) is 0 Å². The molecule has 4 nitrogen and oxygen atoms in total. The van der Waals surface area contributed by atoms with Crippen LogP contribution in [0.2, 0.25) is 0 Å². The van der Waals surface area contributed by atoms with Crippen LogP contribution < -0.4 is 11.1 Å². The van der Waals surface area contributed by atoms with E-state index in [1.807, 2.05) is 37.3 Å². The first-order valence-electron chi connectivity index (χ1n) is 5.58. The molecule has 0 aliphatic rings. The summed E-state index contributed by atoms with van der Waals surface area (Å²) in [5, 5.41) is 2.61. The first-order chi connectivity index (χ1) is 8.24. The Morgan fingerprint density at radius 2 is 2.12 bits per heavy atom. The second kappa shape index (κ2) is 7.46. The maximum Gasteiger partial charge on any atom is 0.407 e. The summed E-state index contributed by atoms with van der Waals surface area (Å²) in [4.78, 5) is 11.4. The first-order valence-corrected chi connectivity index (χ1v) is 5.58. The third-order valence-corrected chi connectivity index (χ3v) is 2.22. The van der Waals surface area contributed by atoms with E-state index in [2.05, 4.69) is 5.32 Å². The predicted molar refractivity (Wildman–Crippen MR) is 67.5 cm³/mol. The molecule has 0 unspecified atom stereocenters. The third-order valence-electron chi connectivity index (χ3n) is 2.22. The molecule has 0 spiro atoms. The number of hydrogen-bond acceptors (Lipinski definition) is 3. The molecule has 0 aromatic heterocycles. The molecule has 0 aliphatic carbocycles. The SMILES string of the molecule is C[C@@H](OC(=O)NC/C=C/CN)c1ccccc1. The van der Waals surface area contributed by atoms with Crippen LogP contribution in [0.3, 0.4) is 0 Å². The molecule has 1 amide bonds. The van der Waals surface area contributed by atoms with E-state index in [-0.39, 0.29) is 6.10 Å².